The van der Waals surface area contributed by atoms with Gasteiger partial charge in [0.1, 0.15) is 5.69 Å². The van der Waals surface area contributed by atoms with E-state index < -0.39 is 0 Å². The van der Waals surface area contributed by atoms with Gasteiger partial charge in [0, 0.05) is 29.3 Å². The van der Waals surface area contributed by atoms with Crippen molar-refractivity contribution in [2.75, 3.05) is 17.2 Å². The van der Waals surface area contributed by atoms with Crippen molar-refractivity contribution in [1.29, 1.82) is 0 Å². The molecular formula is C12H19N5OS. The normalized spacial score (nSPS) is 24.6. The molecule has 0 saturated carbocycles. The Labute approximate surface area is 117 Å². The molecule has 0 bridgehead atoms. The zero-order chi connectivity index (χ0) is 14.0. The fourth-order valence-electron chi connectivity index (χ4n) is 2.08. The number of hydrogen-bond donors (Lipinski definition) is 2. The van der Waals surface area contributed by atoms with E-state index in [1.807, 2.05) is 18.7 Å². The second kappa shape index (κ2) is 5.64. The predicted molar refractivity (Wildman–Crippen MR) is 78.0 cm³/mol. The average molecular weight is 281 g/mol. The number of nitrogens with two attached hydrogens (primary N) is 1. The van der Waals surface area contributed by atoms with Crippen LogP contribution in [0, 0.1) is 6.92 Å². The summed E-state index contributed by atoms with van der Waals surface area (Å²) in [7, 11) is 0. The molecule has 2 heterocycles. The Morgan fingerprint density at radius 1 is 1.53 bits per heavy atom. The first-order valence-corrected chi connectivity index (χ1v) is 7.29. The Balaban J connectivity index is 2.36. The number of amidine groups is 1. The Kier molecular flexibility index (Phi) is 4.14. The highest BCUT2D eigenvalue weighted by Gasteiger charge is 2.27. The van der Waals surface area contributed by atoms with E-state index in [1.165, 1.54) is 0 Å². The molecule has 2 unspecified atom stereocenters. The van der Waals surface area contributed by atoms with Gasteiger partial charge in [0.05, 0.1) is 0 Å². The van der Waals surface area contributed by atoms with Crippen molar-refractivity contribution in [1.82, 2.24) is 9.97 Å². The fraction of sp³-hybridized carbons (Fsp3) is 0.583. The van der Waals surface area contributed by atoms with Crippen molar-refractivity contribution in [3.05, 3.63) is 17.5 Å². The number of anilines is 1. The highest BCUT2D eigenvalue weighted by Crippen LogP contribution is 2.27. The van der Waals surface area contributed by atoms with Gasteiger partial charge >= 0.3 is 0 Å². The third-order valence-electron chi connectivity index (χ3n) is 3.35. The minimum Gasteiger partial charge on any atom is -0.409 e. The zero-order valence-corrected chi connectivity index (χ0v) is 12.2. The van der Waals surface area contributed by atoms with Gasteiger partial charge in [-0.3, -0.25) is 0 Å². The van der Waals surface area contributed by atoms with Crippen molar-refractivity contribution in [3.63, 3.8) is 0 Å². The number of oxime groups is 1. The maximum atomic E-state index is 8.76. The number of aromatic nitrogens is 2. The Morgan fingerprint density at radius 3 is 2.95 bits per heavy atom. The van der Waals surface area contributed by atoms with Gasteiger partial charge in [-0.2, -0.15) is 11.8 Å². The first-order chi connectivity index (χ1) is 9.02. The van der Waals surface area contributed by atoms with Crippen molar-refractivity contribution < 1.29 is 5.21 Å². The van der Waals surface area contributed by atoms with E-state index in [0.29, 0.717) is 22.9 Å². The molecule has 1 aliphatic heterocycles. The third kappa shape index (κ3) is 2.91. The molecule has 2 atom stereocenters. The van der Waals surface area contributed by atoms with Gasteiger partial charge in [0.15, 0.2) is 5.84 Å². The van der Waals surface area contributed by atoms with Gasteiger partial charge in [0.2, 0.25) is 5.95 Å². The van der Waals surface area contributed by atoms with Gasteiger partial charge in [-0.1, -0.05) is 12.1 Å². The molecule has 1 aromatic rings. The monoisotopic (exact) mass is 281 g/mol. The SMILES string of the molecule is Cc1cc(/C(N)=N/O)nc(N2CCSC(C)C2C)n1. The van der Waals surface area contributed by atoms with Crippen molar-refractivity contribution >= 4 is 23.5 Å². The van der Waals surface area contributed by atoms with Gasteiger partial charge in [-0.05, 0) is 19.9 Å². The summed E-state index contributed by atoms with van der Waals surface area (Å²) in [6.07, 6.45) is 0. The summed E-state index contributed by atoms with van der Waals surface area (Å²) in [6.45, 7) is 7.18. The molecule has 0 spiro atoms. The molecule has 0 aliphatic carbocycles. The minimum atomic E-state index is 0.0128. The number of rotatable bonds is 2. The highest BCUT2D eigenvalue weighted by molar-refractivity contribution is 8.00. The van der Waals surface area contributed by atoms with Crippen LogP contribution in [0.3, 0.4) is 0 Å². The van der Waals surface area contributed by atoms with Crippen molar-refractivity contribution in [2.45, 2.75) is 32.1 Å². The molecule has 1 saturated heterocycles. The summed E-state index contributed by atoms with van der Waals surface area (Å²) in [5.74, 6) is 1.72. The molecule has 104 valence electrons. The lowest BCUT2D eigenvalue weighted by atomic mass is 10.2. The number of nitrogens with zero attached hydrogens (tertiary/aromatic N) is 4. The van der Waals surface area contributed by atoms with E-state index >= 15 is 0 Å². The van der Waals surface area contributed by atoms with Crippen LogP contribution < -0.4 is 10.6 Å². The molecule has 3 N–H and O–H groups in total. The molecule has 0 radical (unpaired) electrons. The Morgan fingerprint density at radius 2 is 2.26 bits per heavy atom. The molecule has 6 nitrogen and oxygen atoms in total. The van der Waals surface area contributed by atoms with Crippen LogP contribution >= 0.6 is 11.8 Å². The summed E-state index contributed by atoms with van der Waals surface area (Å²) in [5, 5.41) is 12.3. The summed E-state index contributed by atoms with van der Waals surface area (Å²) in [6, 6.07) is 2.08. The van der Waals surface area contributed by atoms with E-state index in [-0.39, 0.29) is 5.84 Å². The second-order valence-corrected chi connectivity index (χ2v) is 6.17. The average Bonchev–Trinajstić information content (AvgIpc) is 2.40. The third-order valence-corrected chi connectivity index (χ3v) is 4.69. The van der Waals surface area contributed by atoms with Crippen LogP contribution in [0.5, 0.6) is 0 Å². The van der Waals surface area contributed by atoms with E-state index in [0.717, 1.165) is 18.0 Å². The molecular weight excluding hydrogens is 262 g/mol. The van der Waals surface area contributed by atoms with E-state index in [1.54, 1.807) is 6.07 Å². The topological polar surface area (TPSA) is 87.6 Å². The number of hydrogen-bond acceptors (Lipinski definition) is 6. The summed E-state index contributed by atoms with van der Waals surface area (Å²) < 4.78 is 0. The molecule has 0 aromatic carbocycles. The van der Waals surface area contributed by atoms with Crippen LogP contribution in [0.25, 0.3) is 0 Å². The van der Waals surface area contributed by atoms with E-state index in [4.69, 9.17) is 10.9 Å². The van der Waals surface area contributed by atoms with Gasteiger partial charge in [-0.25, -0.2) is 9.97 Å². The van der Waals surface area contributed by atoms with Crippen molar-refractivity contribution in [3.8, 4) is 0 Å². The lowest BCUT2D eigenvalue weighted by Gasteiger charge is -2.37. The lowest BCUT2D eigenvalue weighted by Crippen LogP contribution is -2.45. The number of thioether (sulfide) groups is 1. The lowest BCUT2D eigenvalue weighted by molar-refractivity contribution is 0.318. The van der Waals surface area contributed by atoms with Crippen molar-refractivity contribution in [2.24, 2.45) is 10.9 Å². The molecule has 0 amide bonds. The largest absolute Gasteiger partial charge is 0.409 e. The smallest absolute Gasteiger partial charge is 0.226 e. The highest BCUT2D eigenvalue weighted by atomic mass is 32.2. The second-order valence-electron chi connectivity index (χ2n) is 4.69. The summed E-state index contributed by atoms with van der Waals surface area (Å²) >= 11 is 1.96. The maximum Gasteiger partial charge on any atom is 0.226 e. The molecule has 19 heavy (non-hydrogen) atoms. The van der Waals surface area contributed by atoms with Crippen LogP contribution in [0.15, 0.2) is 11.2 Å². The number of aryl methyl sites for hydroxylation is 1. The van der Waals surface area contributed by atoms with Crippen LogP contribution in [-0.4, -0.2) is 44.6 Å². The molecule has 1 aromatic heterocycles. The quantitative estimate of drug-likeness (QED) is 0.367. The fourth-order valence-corrected chi connectivity index (χ4v) is 3.18. The molecule has 7 heteroatoms. The molecule has 2 rings (SSSR count). The zero-order valence-electron chi connectivity index (χ0n) is 11.4. The van der Waals surface area contributed by atoms with E-state index in [9.17, 15) is 0 Å². The first kappa shape index (κ1) is 13.9. The van der Waals surface area contributed by atoms with Crippen LogP contribution in [0.2, 0.25) is 0 Å². The van der Waals surface area contributed by atoms with Gasteiger partial charge < -0.3 is 15.8 Å². The van der Waals surface area contributed by atoms with Gasteiger partial charge in [-0.15, -0.1) is 0 Å². The van der Waals surface area contributed by atoms with E-state index in [2.05, 4.69) is 33.9 Å². The molecule has 1 fully saturated rings. The summed E-state index contributed by atoms with van der Waals surface area (Å²) in [5.41, 5.74) is 6.88. The Bertz CT molecular complexity index is 493. The standard InChI is InChI=1S/C12H19N5OS/c1-7-6-10(11(13)16-18)15-12(14-7)17-4-5-19-9(3)8(17)2/h6,8-9,18H,4-5H2,1-3H3,(H2,13,16). The first-order valence-electron chi connectivity index (χ1n) is 6.24. The maximum absolute atomic E-state index is 8.76. The summed E-state index contributed by atoms with van der Waals surface area (Å²) in [4.78, 5) is 11.1. The predicted octanol–water partition coefficient (Wildman–Crippen LogP) is 1.21. The van der Waals surface area contributed by atoms with Crippen LogP contribution in [0.4, 0.5) is 5.95 Å². The molecule has 1 aliphatic rings. The minimum absolute atomic E-state index is 0.0128. The van der Waals surface area contributed by atoms with Crippen LogP contribution in [0.1, 0.15) is 25.2 Å². The van der Waals surface area contributed by atoms with Crippen LogP contribution in [-0.2, 0) is 0 Å². The Hall–Kier alpha value is -1.50. The van der Waals surface area contributed by atoms with Gasteiger partial charge in [0.25, 0.3) is 0 Å².